The van der Waals surface area contributed by atoms with Crippen LogP contribution in [0.5, 0.6) is 0 Å². The zero-order valence-electron chi connectivity index (χ0n) is 18.7. The highest BCUT2D eigenvalue weighted by atomic mass is 32.2. The molecule has 0 saturated carbocycles. The fourth-order valence-corrected chi connectivity index (χ4v) is 5.36. The van der Waals surface area contributed by atoms with E-state index in [-0.39, 0.29) is 22.2 Å². The first-order valence-corrected chi connectivity index (χ1v) is 13.0. The minimum Gasteiger partial charge on any atom is -0.477 e. The lowest BCUT2D eigenvalue weighted by molar-refractivity contribution is -0.150. The van der Waals surface area contributed by atoms with Crippen LogP contribution in [-0.2, 0) is 24.0 Å². The van der Waals surface area contributed by atoms with Crippen molar-refractivity contribution in [2.75, 3.05) is 17.7 Å². The lowest BCUT2D eigenvalue weighted by Crippen LogP contribution is -2.70. The molecule has 3 heterocycles. The van der Waals surface area contributed by atoms with Crippen LogP contribution in [0.3, 0.4) is 0 Å². The summed E-state index contributed by atoms with van der Waals surface area (Å²) in [4.78, 5) is 58.4. The fourth-order valence-electron chi connectivity index (χ4n) is 3.51. The normalized spacial score (nSPS) is 19.6. The third-order valence-corrected chi connectivity index (χ3v) is 7.20. The third-order valence-electron chi connectivity index (χ3n) is 5.24. The number of aliphatic carboxylic acids is 1. The average molecular weight is 510 g/mol. The number of thioether (sulfide) groups is 1. The summed E-state index contributed by atoms with van der Waals surface area (Å²) in [6, 6.07) is -0.893. The highest BCUT2D eigenvalue weighted by molar-refractivity contribution is 8.00. The van der Waals surface area contributed by atoms with E-state index in [1.165, 1.54) is 42.0 Å². The van der Waals surface area contributed by atoms with Crippen molar-refractivity contribution in [2.45, 2.75) is 56.9 Å². The van der Waals surface area contributed by atoms with Crippen LogP contribution in [0.25, 0.3) is 0 Å². The quantitative estimate of drug-likeness (QED) is 0.113. The summed E-state index contributed by atoms with van der Waals surface area (Å²) in [7, 11) is 0. The number of nitrogens with zero attached hydrogens (tertiary/aromatic N) is 3. The summed E-state index contributed by atoms with van der Waals surface area (Å²) in [6.45, 7) is 2.48. The number of nitrogens with one attached hydrogen (secondary N) is 2. The summed E-state index contributed by atoms with van der Waals surface area (Å²) in [5.74, 6) is -1.95. The number of hydrogen-bond donors (Lipinski definition) is 3. The number of carbonyl (C=O) groups excluding carboxylic acids is 3. The number of carboxylic acid groups (broad SMARTS) is 1. The SMILES string of the molecule is CCCCCCCCON=C(C(=O)NC1C(=O)N2C(C(=O)O)=CCS[C@@H]12)c1csc(NC=O)n1. The Labute approximate surface area is 205 Å². The minimum absolute atomic E-state index is 0.0838. The second kappa shape index (κ2) is 12.5. The molecular formula is C21H27N5O6S2. The standard InChI is InChI=1S/C21H27N5O6S2/c1-2-3-4-5-6-7-9-32-25-15(13-11-34-21(23-13)22-12-27)17(28)24-16-18(29)26-14(20(30)31)8-10-33-19(16)26/h8,11-12,16,19H,2-7,9-10H2,1H3,(H,24,28)(H,30,31)(H,22,23,27)/t16?,19-/m0/s1. The molecule has 34 heavy (non-hydrogen) atoms. The van der Waals surface area contributed by atoms with Gasteiger partial charge < -0.3 is 20.6 Å². The van der Waals surface area contributed by atoms with Crippen LogP contribution in [0.1, 0.15) is 51.1 Å². The Morgan fingerprint density at radius 3 is 2.82 bits per heavy atom. The van der Waals surface area contributed by atoms with Gasteiger partial charge in [0, 0.05) is 11.1 Å². The maximum Gasteiger partial charge on any atom is 0.352 e. The fraction of sp³-hybridized carbons (Fsp3) is 0.524. The van der Waals surface area contributed by atoms with Gasteiger partial charge in [0.25, 0.3) is 11.8 Å². The van der Waals surface area contributed by atoms with Crippen LogP contribution in [-0.4, -0.2) is 68.7 Å². The molecule has 1 saturated heterocycles. The number of amides is 3. The average Bonchev–Trinajstić information content (AvgIpc) is 3.29. The maximum absolute atomic E-state index is 13.0. The molecule has 2 atom stereocenters. The van der Waals surface area contributed by atoms with Crippen molar-refractivity contribution in [1.29, 1.82) is 0 Å². The smallest absolute Gasteiger partial charge is 0.352 e. The minimum atomic E-state index is -1.19. The Hall–Kier alpha value is -2.93. The number of aromatic nitrogens is 1. The largest absolute Gasteiger partial charge is 0.477 e. The molecule has 1 fully saturated rings. The topological polar surface area (TPSA) is 150 Å². The van der Waals surface area contributed by atoms with E-state index in [0.29, 0.717) is 18.8 Å². The summed E-state index contributed by atoms with van der Waals surface area (Å²) in [6.07, 6.45) is 8.37. The number of β-lactam (4-membered cyclic amide) rings is 1. The summed E-state index contributed by atoms with van der Waals surface area (Å²) in [5, 5.41) is 19.6. The summed E-state index contributed by atoms with van der Waals surface area (Å²) >= 11 is 2.47. The molecule has 3 N–H and O–H groups in total. The van der Waals surface area contributed by atoms with Gasteiger partial charge >= 0.3 is 5.97 Å². The molecule has 0 spiro atoms. The number of thiazole rings is 1. The van der Waals surface area contributed by atoms with Gasteiger partial charge in [-0.1, -0.05) is 37.8 Å². The molecule has 3 amide bonds. The van der Waals surface area contributed by atoms with Gasteiger partial charge in [0.15, 0.2) is 10.8 Å². The first kappa shape index (κ1) is 25.7. The van der Waals surface area contributed by atoms with Crippen molar-refractivity contribution in [1.82, 2.24) is 15.2 Å². The number of carboxylic acids is 1. The second-order valence-electron chi connectivity index (χ2n) is 7.62. The zero-order valence-corrected chi connectivity index (χ0v) is 20.3. The van der Waals surface area contributed by atoms with E-state index in [1.54, 1.807) is 5.38 Å². The van der Waals surface area contributed by atoms with Crippen molar-refractivity contribution in [3.05, 3.63) is 22.8 Å². The van der Waals surface area contributed by atoms with Crippen molar-refractivity contribution < 1.29 is 29.1 Å². The zero-order chi connectivity index (χ0) is 24.5. The second-order valence-corrected chi connectivity index (χ2v) is 9.63. The number of rotatable bonds is 14. The first-order valence-electron chi connectivity index (χ1n) is 11.0. The molecular weight excluding hydrogens is 482 g/mol. The van der Waals surface area contributed by atoms with E-state index >= 15 is 0 Å². The molecule has 2 aliphatic rings. The molecule has 13 heteroatoms. The molecule has 11 nitrogen and oxygen atoms in total. The molecule has 1 aromatic heterocycles. The molecule has 0 aliphatic carbocycles. The molecule has 0 aromatic carbocycles. The highest BCUT2D eigenvalue weighted by Gasteiger charge is 2.53. The van der Waals surface area contributed by atoms with E-state index in [2.05, 4.69) is 27.7 Å². The van der Waals surface area contributed by atoms with E-state index in [0.717, 1.165) is 30.6 Å². The summed E-state index contributed by atoms with van der Waals surface area (Å²) < 4.78 is 0. The Morgan fingerprint density at radius 1 is 1.32 bits per heavy atom. The van der Waals surface area contributed by atoms with Crippen molar-refractivity contribution in [2.24, 2.45) is 5.16 Å². The van der Waals surface area contributed by atoms with Crippen LogP contribution in [0.15, 0.2) is 22.3 Å². The number of unbranched alkanes of at least 4 members (excludes halogenated alkanes) is 5. The molecule has 0 bridgehead atoms. The van der Waals surface area contributed by atoms with Gasteiger partial charge in [-0.3, -0.25) is 19.3 Å². The van der Waals surface area contributed by atoms with Crippen molar-refractivity contribution in [3.63, 3.8) is 0 Å². The van der Waals surface area contributed by atoms with E-state index in [1.807, 2.05) is 0 Å². The first-order chi connectivity index (χ1) is 16.5. The molecule has 2 aliphatic heterocycles. The summed E-state index contributed by atoms with van der Waals surface area (Å²) in [5.41, 5.74) is -0.0115. The lowest BCUT2D eigenvalue weighted by Gasteiger charge is -2.48. The Morgan fingerprint density at radius 2 is 2.09 bits per heavy atom. The van der Waals surface area contributed by atoms with Gasteiger partial charge in [0.05, 0.1) is 0 Å². The van der Waals surface area contributed by atoms with Gasteiger partial charge in [-0.2, -0.15) is 0 Å². The van der Waals surface area contributed by atoms with Gasteiger partial charge in [-0.05, 0) is 18.9 Å². The van der Waals surface area contributed by atoms with E-state index < -0.39 is 29.2 Å². The van der Waals surface area contributed by atoms with Gasteiger partial charge in [-0.25, -0.2) is 9.78 Å². The van der Waals surface area contributed by atoms with Crippen LogP contribution in [0.2, 0.25) is 0 Å². The third kappa shape index (κ3) is 6.14. The predicted molar refractivity (Wildman–Crippen MR) is 128 cm³/mol. The lowest BCUT2D eigenvalue weighted by atomic mass is 10.0. The Bertz CT molecular complexity index is 979. The van der Waals surface area contributed by atoms with Gasteiger partial charge in [0.1, 0.15) is 29.4 Å². The number of hydrogen-bond acceptors (Lipinski definition) is 9. The van der Waals surface area contributed by atoms with Crippen LogP contribution >= 0.6 is 23.1 Å². The molecule has 3 rings (SSSR count). The van der Waals surface area contributed by atoms with Gasteiger partial charge in [0.2, 0.25) is 6.41 Å². The van der Waals surface area contributed by atoms with Crippen LogP contribution < -0.4 is 10.6 Å². The monoisotopic (exact) mass is 509 g/mol. The van der Waals surface area contributed by atoms with Crippen LogP contribution in [0, 0.1) is 0 Å². The number of fused-ring (bicyclic) bond motifs is 1. The van der Waals surface area contributed by atoms with Crippen LogP contribution in [0.4, 0.5) is 5.13 Å². The van der Waals surface area contributed by atoms with Gasteiger partial charge in [-0.15, -0.1) is 23.1 Å². The molecule has 1 unspecified atom stereocenters. The predicted octanol–water partition coefficient (Wildman–Crippen LogP) is 2.16. The highest BCUT2D eigenvalue weighted by Crippen LogP contribution is 2.37. The maximum atomic E-state index is 13.0. The van der Waals surface area contributed by atoms with E-state index in [4.69, 9.17) is 4.84 Å². The molecule has 0 radical (unpaired) electrons. The molecule has 184 valence electrons. The van der Waals surface area contributed by atoms with E-state index in [9.17, 15) is 24.3 Å². The van der Waals surface area contributed by atoms with Crippen molar-refractivity contribution in [3.8, 4) is 0 Å². The van der Waals surface area contributed by atoms with Crippen molar-refractivity contribution >= 4 is 58.1 Å². The number of anilines is 1. The Kier molecular flexibility index (Phi) is 9.45. The Balaban J connectivity index is 1.65. The number of carbonyl (C=O) groups is 4. The molecule has 1 aromatic rings. The number of oxime groups is 1.